The molecule has 0 radical (unpaired) electrons. The molecule has 0 amide bonds. The fraction of sp³-hybridized carbons (Fsp3) is 0.733. The molecule has 0 bridgehead atoms. The molecule has 0 atom stereocenters. The van der Waals surface area contributed by atoms with E-state index in [0.29, 0.717) is 13.0 Å². The molecule has 3 rings (SSSR count). The number of hydrogen-bond donors (Lipinski definition) is 3. The highest BCUT2D eigenvalue weighted by molar-refractivity contribution is 6.03. The van der Waals surface area contributed by atoms with E-state index in [9.17, 15) is 14.7 Å². The summed E-state index contributed by atoms with van der Waals surface area (Å²) in [5, 5.41) is 12.9. The minimum atomic E-state index is -1.05. The van der Waals surface area contributed by atoms with Crippen LogP contribution in [0.4, 0.5) is 0 Å². The Morgan fingerprint density at radius 1 is 0.944 bits per heavy atom. The number of nitrogens with two attached hydrogens (primary N) is 1. The van der Waals surface area contributed by atoms with Gasteiger partial charge in [0.05, 0.1) is 17.7 Å². The largest absolute Gasteiger partial charge is 0.478 e. The number of carboxylic acid groups (broad SMARTS) is 1. The maximum absolute atomic E-state index is 12.4. The van der Waals surface area contributed by atoms with E-state index in [0.717, 1.165) is 56.7 Å². The number of nitrogens with one attached hydrogen (secondary N) is 1. The fourth-order valence-electron chi connectivity index (χ4n) is 4.70. The molecule has 2 fully saturated rings. The molecular formula is C30H50N2O4. The molecule has 204 valence electrons. The quantitative estimate of drug-likeness (QED) is 0.166. The number of benzene rings is 1. The third-order valence-electron chi connectivity index (χ3n) is 7.54. The van der Waals surface area contributed by atoms with Crippen molar-refractivity contribution < 1.29 is 19.4 Å². The molecule has 4 N–H and O–H groups in total. The molecule has 1 saturated carbocycles. The maximum atomic E-state index is 12.4. The first-order valence-electron chi connectivity index (χ1n) is 14.4. The number of ether oxygens (including phenoxy) is 1. The van der Waals surface area contributed by atoms with E-state index in [-0.39, 0.29) is 16.7 Å². The Labute approximate surface area is 218 Å². The number of carbonyl (C=O) groups excluding carboxylic acids is 1. The Bertz CT molecular complexity index is 787. The zero-order valence-electron chi connectivity index (χ0n) is 22.8. The van der Waals surface area contributed by atoms with Crippen molar-refractivity contribution in [3.05, 3.63) is 34.9 Å². The van der Waals surface area contributed by atoms with Crippen molar-refractivity contribution in [3.8, 4) is 0 Å². The van der Waals surface area contributed by atoms with E-state index in [2.05, 4.69) is 19.2 Å². The summed E-state index contributed by atoms with van der Waals surface area (Å²) in [6.45, 7) is 7.05. The third kappa shape index (κ3) is 10.6. The molecule has 36 heavy (non-hydrogen) atoms. The highest BCUT2D eigenvalue weighted by atomic mass is 16.5. The molecule has 0 spiro atoms. The van der Waals surface area contributed by atoms with Crippen LogP contribution in [0.5, 0.6) is 0 Å². The third-order valence-corrected chi connectivity index (χ3v) is 7.54. The Morgan fingerprint density at radius 2 is 1.53 bits per heavy atom. The van der Waals surface area contributed by atoms with Gasteiger partial charge in [-0.3, -0.25) is 0 Å². The van der Waals surface area contributed by atoms with Gasteiger partial charge < -0.3 is 20.9 Å². The Kier molecular flexibility index (Phi) is 14.1. The average Bonchev–Trinajstić information content (AvgIpc) is 3.56. The van der Waals surface area contributed by atoms with Gasteiger partial charge in [-0.15, -0.1) is 0 Å². The lowest BCUT2D eigenvalue weighted by atomic mass is 9.92. The lowest BCUT2D eigenvalue weighted by Gasteiger charge is -2.32. The molecule has 1 aromatic rings. The number of aryl methyl sites for hydroxylation is 1. The maximum Gasteiger partial charge on any atom is 0.339 e. The summed E-state index contributed by atoms with van der Waals surface area (Å²) in [6, 6.07) is 5.15. The number of rotatable bonds is 17. The van der Waals surface area contributed by atoms with Crippen LogP contribution >= 0.6 is 0 Å². The molecule has 1 heterocycles. The van der Waals surface area contributed by atoms with Gasteiger partial charge in [0.1, 0.15) is 0 Å². The molecule has 6 nitrogen and oxygen atoms in total. The van der Waals surface area contributed by atoms with Crippen molar-refractivity contribution in [1.29, 1.82) is 0 Å². The van der Waals surface area contributed by atoms with Crippen molar-refractivity contribution >= 4 is 11.9 Å². The van der Waals surface area contributed by atoms with E-state index in [1.807, 2.05) is 6.07 Å². The second kappa shape index (κ2) is 16.8. The number of carbonyl (C=O) groups is 2. The van der Waals surface area contributed by atoms with E-state index in [4.69, 9.17) is 10.5 Å². The SMILES string of the molecule is CCCCCCCCOC(=O)c1cccc(CCCCCCCC)c1C(=O)O.NC1(C2CNC2)CC1. The van der Waals surface area contributed by atoms with Crippen LogP contribution in [0.25, 0.3) is 0 Å². The lowest BCUT2D eigenvalue weighted by Crippen LogP contribution is -2.53. The molecule has 2 aliphatic rings. The van der Waals surface area contributed by atoms with Gasteiger partial charge in [-0.2, -0.15) is 0 Å². The molecule has 1 saturated heterocycles. The minimum Gasteiger partial charge on any atom is -0.478 e. The first-order valence-corrected chi connectivity index (χ1v) is 14.4. The summed E-state index contributed by atoms with van der Waals surface area (Å²) in [6.07, 6.45) is 16.8. The van der Waals surface area contributed by atoms with E-state index in [1.54, 1.807) is 12.1 Å². The molecule has 0 aromatic heterocycles. The molecular weight excluding hydrogens is 452 g/mol. The van der Waals surface area contributed by atoms with Crippen LogP contribution < -0.4 is 11.1 Å². The van der Waals surface area contributed by atoms with Gasteiger partial charge in [-0.05, 0) is 43.7 Å². The Balaban J connectivity index is 0.000000471. The molecule has 1 aliphatic heterocycles. The summed E-state index contributed by atoms with van der Waals surface area (Å²) in [5.74, 6) is -0.758. The van der Waals surface area contributed by atoms with Crippen molar-refractivity contribution in [1.82, 2.24) is 5.32 Å². The second-order valence-corrected chi connectivity index (χ2v) is 10.7. The molecule has 6 heteroatoms. The van der Waals surface area contributed by atoms with E-state index in [1.165, 1.54) is 57.8 Å². The number of aromatic carboxylic acids is 1. The van der Waals surface area contributed by atoms with Gasteiger partial charge in [0.2, 0.25) is 0 Å². The van der Waals surface area contributed by atoms with Gasteiger partial charge in [-0.25, -0.2) is 9.59 Å². The highest BCUT2D eigenvalue weighted by Gasteiger charge is 2.47. The fourth-order valence-corrected chi connectivity index (χ4v) is 4.70. The molecule has 1 aliphatic carbocycles. The molecule has 0 unspecified atom stereocenters. The number of carboxylic acids is 1. The second-order valence-electron chi connectivity index (χ2n) is 10.7. The van der Waals surface area contributed by atoms with Crippen LogP contribution in [0.1, 0.15) is 130 Å². The van der Waals surface area contributed by atoms with Crippen LogP contribution in [0.2, 0.25) is 0 Å². The van der Waals surface area contributed by atoms with Gasteiger partial charge in [0, 0.05) is 24.5 Å². The van der Waals surface area contributed by atoms with Crippen molar-refractivity contribution in [3.63, 3.8) is 0 Å². The average molecular weight is 503 g/mol. The smallest absolute Gasteiger partial charge is 0.339 e. The predicted octanol–water partition coefficient (Wildman–Crippen LogP) is 6.50. The number of unbranched alkanes of at least 4 members (excludes halogenated alkanes) is 10. The van der Waals surface area contributed by atoms with Gasteiger partial charge in [0.15, 0.2) is 0 Å². The predicted molar refractivity (Wildman–Crippen MR) is 147 cm³/mol. The van der Waals surface area contributed by atoms with Crippen LogP contribution in [-0.4, -0.2) is 42.3 Å². The summed E-state index contributed by atoms with van der Waals surface area (Å²) < 4.78 is 5.35. The topological polar surface area (TPSA) is 102 Å². The zero-order chi connectivity index (χ0) is 26.2. The number of hydrogen-bond acceptors (Lipinski definition) is 5. The zero-order valence-corrected chi connectivity index (χ0v) is 22.8. The monoisotopic (exact) mass is 502 g/mol. The van der Waals surface area contributed by atoms with Crippen LogP contribution in [0.15, 0.2) is 18.2 Å². The summed E-state index contributed by atoms with van der Waals surface area (Å²) in [7, 11) is 0. The highest BCUT2D eigenvalue weighted by Crippen LogP contribution is 2.41. The van der Waals surface area contributed by atoms with E-state index < -0.39 is 11.9 Å². The van der Waals surface area contributed by atoms with E-state index >= 15 is 0 Å². The first kappa shape index (κ1) is 30.3. The minimum absolute atomic E-state index is 0.115. The van der Waals surface area contributed by atoms with Crippen LogP contribution in [0.3, 0.4) is 0 Å². The molecule has 1 aromatic carbocycles. The number of esters is 1. The Hall–Kier alpha value is -1.92. The van der Waals surface area contributed by atoms with Crippen molar-refractivity contribution in [2.45, 2.75) is 116 Å². The lowest BCUT2D eigenvalue weighted by molar-refractivity contribution is 0.0487. The van der Waals surface area contributed by atoms with Crippen molar-refractivity contribution in [2.24, 2.45) is 11.7 Å². The van der Waals surface area contributed by atoms with Gasteiger partial charge >= 0.3 is 11.9 Å². The summed E-state index contributed by atoms with van der Waals surface area (Å²) in [5.41, 5.74) is 7.23. The standard InChI is InChI=1S/C24H38O4.C6H12N2/c1-3-5-7-9-11-13-16-20-17-15-18-21(22(20)23(25)26)24(27)28-19-14-12-10-8-6-4-2;7-6(1-2-6)5-3-8-4-5/h15,17-18H,3-14,16,19H2,1-2H3,(H,25,26);5,8H,1-4,7H2. The van der Waals surface area contributed by atoms with Gasteiger partial charge in [0.25, 0.3) is 0 Å². The van der Waals surface area contributed by atoms with Crippen LogP contribution in [-0.2, 0) is 11.2 Å². The summed E-state index contributed by atoms with van der Waals surface area (Å²) in [4.78, 5) is 24.2. The van der Waals surface area contributed by atoms with Crippen molar-refractivity contribution in [2.75, 3.05) is 19.7 Å². The Morgan fingerprint density at radius 3 is 2.03 bits per heavy atom. The van der Waals surface area contributed by atoms with Crippen LogP contribution in [0, 0.1) is 5.92 Å². The summed E-state index contributed by atoms with van der Waals surface area (Å²) >= 11 is 0. The normalized spacial score (nSPS) is 16.0. The first-order chi connectivity index (χ1) is 17.4. The van der Waals surface area contributed by atoms with Gasteiger partial charge in [-0.1, -0.05) is 90.2 Å².